The Labute approximate surface area is 194 Å². The first-order valence-corrected chi connectivity index (χ1v) is 10.9. The molecule has 0 aliphatic carbocycles. The van der Waals surface area contributed by atoms with Crippen LogP contribution in [0.1, 0.15) is 29.3 Å². The number of ether oxygens (including phenoxy) is 4. The molecular weight excluding hydrogens is 458 g/mol. The predicted molar refractivity (Wildman–Crippen MR) is 112 cm³/mol. The number of benzene rings is 1. The fraction of sp³-hybridized carbons (Fsp3) is 0.591. The van der Waals surface area contributed by atoms with Gasteiger partial charge in [0.05, 0.1) is 19.3 Å². The molecule has 3 heterocycles. The third-order valence-electron chi connectivity index (χ3n) is 6.09. The summed E-state index contributed by atoms with van der Waals surface area (Å²) in [7, 11) is 0. The lowest BCUT2D eigenvalue weighted by molar-refractivity contribution is -0.278. The molecule has 1 aromatic carbocycles. The van der Waals surface area contributed by atoms with Gasteiger partial charge in [0.25, 0.3) is 0 Å². The van der Waals surface area contributed by atoms with Gasteiger partial charge in [0.2, 0.25) is 12.2 Å². The highest BCUT2D eigenvalue weighted by atomic mass is 19.3. The third-order valence-corrected chi connectivity index (χ3v) is 6.09. The molecule has 0 saturated carbocycles. The normalized spacial score (nSPS) is 29.5. The van der Waals surface area contributed by atoms with Crippen LogP contribution in [0.4, 0.5) is 8.78 Å². The molecule has 2 fully saturated rings. The van der Waals surface area contributed by atoms with E-state index in [0.717, 1.165) is 17.7 Å². The van der Waals surface area contributed by atoms with Crippen molar-refractivity contribution < 1.29 is 48.2 Å². The maximum Gasteiger partial charge on any atom is 0.387 e. The molecule has 2 aromatic rings. The van der Waals surface area contributed by atoms with Gasteiger partial charge in [0.1, 0.15) is 30.2 Å². The molecule has 0 amide bonds. The van der Waals surface area contributed by atoms with Gasteiger partial charge in [-0.1, -0.05) is 12.1 Å². The summed E-state index contributed by atoms with van der Waals surface area (Å²) in [6.07, 6.45) is -6.13. The maximum atomic E-state index is 12.4. The third kappa shape index (κ3) is 5.16. The van der Waals surface area contributed by atoms with Crippen LogP contribution in [0.3, 0.4) is 0 Å². The molecule has 2 aliphatic rings. The Hall–Kier alpha value is -2.35. The van der Waals surface area contributed by atoms with Gasteiger partial charge >= 0.3 is 6.61 Å². The highest BCUT2D eigenvalue weighted by molar-refractivity contribution is 5.38. The van der Waals surface area contributed by atoms with Gasteiger partial charge in [-0.25, -0.2) is 0 Å². The van der Waals surface area contributed by atoms with Crippen LogP contribution >= 0.6 is 0 Å². The van der Waals surface area contributed by atoms with Crippen molar-refractivity contribution in [1.29, 1.82) is 0 Å². The number of halogens is 2. The van der Waals surface area contributed by atoms with E-state index in [2.05, 4.69) is 9.84 Å². The first kappa shape index (κ1) is 24.8. The average molecular weight is 486 g/mol. The number of aliphatic hydroxyl groups excluding tert-OH is 4. The number of hydrogen-bond donors (Lipinski definition) is 4. The van der Waals surface area contributed by atoms with E-state index in [0.29, 0.717) is 25.2 Å². The minimum absolute atomic E-state index is 0.0206. The van der Waals surface area contributed by atoms with E-state index >= 15 is 0 Å². The maximum absolute atomic E-state index is 12.4. The van der Waals surface area contributed by atoms with Crippen LogP contribution in [0, 0.1) is 6.92 Å². The lowest BCUT2D eigenvalue weighted by Crippen LogP contribution is -2.60. The van der Waals surface area contributed by atoms with Crippen molar-refractivity contribution in [2.45, 2.75) is 63.1 Å². The van der Waals surface area contributed by atoms with Crippen LogP contribution in [0.2, 0.25) is 0 Å². The zero-order valence-electron chi connectivity index (χ0n) is 18.5. The molecule has 2 aliphatic heterocycles. The first-order valence-electron chi connectivity index (χ1n) is 10.9. The Bertz CT molecular complexity index is 949. The Morgan fingerprint density at radius 3 is 2.50 bits per heavy atom. The van der Waals surface area contributed by atoms with Gasteiger partial charge in [-0.15, -0.1) is 5.10 Å². The zero-order chi connectivity index (χ0) is 24.4. The fourth-order valence-electron chi connectivity index (χ4n) is 4.16. The number of rotatable bonds is 8. The molecule has 4 rings (SSSR count). The van der Waals surface area contributed by atoms with E-state index in [1.165, 1.54) is 12.1 Å². The van der Waals surface area contributed by atoms with Crippen molar-refractivity contribution in [3.63, 3.8) is 0 Å². The average Bonchev–Trinajstić information content (AvgIpc) is 3.44. The van der Waals surface area contributed by atoms with Crippen LogP contribution in [0.5, 0.6) is 11.6 Å². The van der Waals surface area contributed by atoms with Crippen molar-refractivity contribution in [2.24, 2.45) is 0 Å². The minimum atomic E-state index is -2.92. The molecule has 0 spiro atoms. The van der Waals surface area contributed by atoms with Crippen molar-refractivity contribution in [3.8, 4) is 11.6 Å². The number of hydrogen-bond acceptors (Lipinski definition) is 9. The Morgan fingerprint density at radius 1 is 1.15 bits per heavy atom. The van der Waals surface area contributed by atoms with Gasteiger partial charge in [-0.2, -0.15) is 8.78 Å². The van der Waals surface area contributed by atoms with E-state index in [-0.39, 0.29) is 17.7 Å². The van der Waals surface area contributed by atoms with E-state index < -0.39 is 43.9 Å². The quantitative estimate of drug-likeness (QED) is 0.421. The molecular formula is C22H28F2N2O8. The smallest absolute Gasteiger partial charge is 0.387 e. The van der Waals surface area contributed by atoms with Crippen molar-refractivity contribution in [3.05, 3.63) is 41.1 Å². The minimum Gasteiger partial charge on any atom is -0.443 e. The summed E-state index contributed by atoms with van der Waals surface area (Å²) in [6, 6.07) is 6.14. The summed E-state index contributed by atoms with van der Waals surface area (Å²) in [4.78, 5) is 0. The van der Waals surface area contributed by atoms with Gasteiger partial charge in [0.15, 0.2) is 0 Å². The lowest BCUT2D eigenvalue weighted by Gasteiger charge is -2.39. The van der Waals surface area contributed by atoms with Crippen molar-refractivity contribution in [1.82, 2.24) is 9.78 Å². The lowest BCUT2D eigenvalue weighted by atomic mass is 9.99. The van der Waals surface area contributed by atoms with Crippen LogP contribution in [-0.4, -0.2) is 87.3 Å². The molecule has 1 unspecified atom stereocenters. The number of alkyl halides is 2. The Kier molecular flexibility index (Phi) is 7.65. The first-order chi connectivity index (χ1) is 16.3. The van der Waals surface area contributed by atoms with Crippen molar-refractivity contribution >= 4 is 0 Å². The van der Waals surface area contributed by atoms with E-state index in [1.807, 2.05) is 6.92 Å². The molecule has 188 valence electrons. The zero-order valence-corrected chi connectivity index (χ0v) is 18.5. The molecule has 0 bridgehead atoms. The SMILES string of the molecule is Cc1c(Cc2ccc(OC(F)F)cc2)c(O[C@@H]2O[C@H](CO)[C@@H](O)[C@H](O)[C@H]2O)nn1C1CCOC1. The predicted octanol–water partition coefficient (Wildman–Crippen LogP) is 0.524. The molecule has 10 nitrogen and oxygen atoms in total. The highest BCUT2D eigenvalue weighted by Gasteiger charge is 2.45. The molecule has 34 heavy (non-hydrogen) atoms. The number of aliphatic hydroxyl groups is 4. The molecule has 12 heteroatoms. The Balaban J connectivity index is 1.61. The highest BCUT2D eigenvalue weighted by Crippen LogP contribution is 2.32. The van der Waals surface area contributed by atoms with E-state index in [9.17, 15) is 29.2 Å². The molecule has 6 atom stereocenters. The van der Waals surface area contributed by atoms with E-state index in [4.69, 9.17) is 14.2 Å². The number of nitrogens with zero attached hydrogens (tertiary/aromatic N) is 2. The van der Waals surface area contributed by atoms with E-state index in [1.54, 1.807) is 16.8 Å². The van der Waals surface area contributed by atoms with Crippen LogP contribution < -0.4 is 9.47 Å². The summed E-state index contributed by atoms with van der Waals surface area (Å²) in [6.45, 7) is -0.583. The van der Waals surface area contributed by atoms with Gasteiger partial charge in [-0.3, -0.25) is 4.68 Å². The summed E-state index contributed by atoms with van der Waals surface area (Å²) in [5, 5.41) is 44.5. The topological polar surface area (TPSA) is 136 Å². The summed E-state index contributed by atoms with van der Waals surface area (Å²) in [5.74, 6) is 0.175. The summed E-state index contributed by atoms with van der Waals surface area (Å²) >= 11 is 0. The van der Waals surface area contributed by atoms with Gasteiger partial charge < -0.3 is 39.4 Å². The summed E-state index contributed by atoms with van der Waals surface area (Å²) < 4.78 is 47.9. The standard InChI is InChI=1S/C22H28F2N2O8/c1-11-15(8-12-2-4-14(5-3-12)32-22(23)24)20(25-26(11)13-6-7-31-10-13)34-21-19(30)18(29)17(28)16(9-27)33-21/h2-5,13,16-19,21-22,27-30H,6-10H2,1H3/t13?,16-,17-,18+,19-,21+/m1/s1. The van der Waals surface area contributed by atoms with Crippen LogP contribution in [-0.2, 0) is 15.9 Å². The van der Waals surface area contributed by atoms with Crippen molar-refractivity contribution in [2.75, 3.05) is 19.8 Å². The largest absolute Gasteiger partial charge is 0.443 e. The second-order valence-electron chi connectivity index (χ2n) is 8.35. The molecule has 2 saturated heterocycles. The van der Waals surface area contributed by atoms with Gasteiger partial charge in [0, 0.05) is 24.3 Å². The second kappa shape index (κ2) is 10.5. The Morgan fingerprint density at radius 2 is 1.88 bits per heavy atom. The summed E-state index contributed by atoms with van der Waals surface area (Å²) in [5.41, 5.74) is 2.21. The molecule has 0 radical (unpaired) electrons. The van der Waals surface area contributed by atoms with Crippen LogP contribution in [0.25, 0.3) is 0 Å². The molecule has 1 aromatic heterocycles. The fourth-order valence-corrected chi connectivity index (χ4v) is 4.16. The second-order valence-corrected chi connectivity index (χ2v) is 8.35. The van der Waals surface area contributed by atoms with Crippen LogP contribution in [0.15, 0.2) is 24.3 Å². The van der Waals surface area contributed by atoms with Gasteiger partial charge in [-0.05, 0) is 31.0 Å². The monoisotopic (exact) mass is 486 g/mol. The number of aromatic nitrogens is 2. The molecule has 4 N–H and O–H groups in total.